The van der Waals surface area contributed by atoms with Crippen molar-refractivity contribution in [3.05, 3.63) is 65.2 Å². The van der Waals surface area contributed by atoms with E-state index in [2.05, 4.69) is 0 Å². The molecule has 0 bridgehead atoms. The number of carbonyl (C=O) groups is 1. The van der Waals surface area contributed by atoms with Crippen LogP contribution in [0.25, 0.3) is 0 Å². The van der Waals surface area contributed by atoms with Crippen LogP contribution in [-0.4, -0.2) is 16.2 Å². The van der Waals surface area contributed by atoms with Crippen molar-refractivity contribution in [1.82, 2.24) is 0 Å². The summed E-state index contributed by atoms with van der Waals surface area (Å²) in [6.45, 7) is 2.02. The summed E-state index contributed by atoms with van der Waals surface area (Å²) in [6, 6.07) is 14.2. The lowest BCUT2D eigenvalue weighted by Crippen LogP contribution is -2.03. The minimum Gasteiger partial charge on any atom is -0.508 e. The van der Waals surface area contributed by atoms with E-state index in [4.69, 9.17) is 5.11 Å². The normalized spacial score (nSPS) is 12.1. The minimum absolute atomic E-state index is 0.000463. The molecule has 19 heavy (non-hydrogen) atoms. The molecule has 2 aromatic carbocycles. The maximum atomic E-state index is 11.0. The average molecular weight is 256 g/mol. The van der Waals surface area contributed by atoms with Gasteiger partial charge in [-0.3, -0.25) is 0 Å². The molecule has 0 saturated heterocycles. The molecule has 0 spiro atoms. The van der Waals surface area contributed by atoms with Crippen molar-refractivity contribution in [1.29, 1.82) is 0 Å². The van der Waals surface area contributed by atoms with Crippen LogP contribution in [0.4, 0.5) is 0 Å². The topological polar surface area (TPSA) is 57.5 Å². The first kappa shape index (κ1) is 13.1. The van der Waals surface area contributed by atoms with E-state index in [0.29, 0.717) is 5.56 Å². The average Bonchev–Trinajstić information content (AvgIpc) is 2.42. The lowest BCUT2D eigenvalue weighted by molar-refractivity contribution is 0.0696. The van der Waals surface area contributed by atoms with Crippen LogP contribution in [-0.2, 0) is 0 Å². The van der Waals surface area contributed by atoms with Gasteiger partial charge in [-0.1, -0.05) is 37.3 Å². The summed E-state index contributed by atoms with van der Waals surface area (Å²) in [7, 11) is 0. The van der Waals surface area contributed by atoms with E-state index in [1.807, 2.05) is 37.3 Å². The van der Waals surface area contributed by atoms with Crippen LogP contribution < -0.4 is 0 Å². The maximum Gasteiger partial charge on any atom is 0.335 e. The third kappa shape index (κ3) is 2.76. The Morgan fingerprint density at radius 1 is 1.16 bits per heavy atom. The van der Waals surface area contributed by atoms with Gasteiger partial charge in [-0.25, -0.2) is 4.79 Å². The van der Waals surface area contributed by atoms with Crippen LogP contribution >= 0.6 is 0 Å². The van der Waals surface area contributed by atoms with Gasteiger partial charge in [-0.2, -0.15) is 0 Å². The Bertz CT molecular complexity index is 576. The quantitative estimate of drug-likeness (QED) is 0.878. The van der Waals surface area contributed by atoms with Gasteiger partial charge in [0.05, 0.1) is 5.56 Å². The standard InChI is InChI=1S/C16H16O3/c1-2-13(11-6-4-3-5-7-11)14-10-12(16(18)19)8-9-15(14)17/h3-10,13,17H,2H2,1H3,(H,18,19)/t13-/m1/s1. The molecule has 0 amide bonds. The van der Waals surface area contributed by atoms with Crippen molar-refractivity contribution >= 4 is 5.97 Å². The van der Waals surface area contributed by atoms with Gasteiger partial charge < -0.3 is 10.2 Å². The molecule has 0 radical (unpaired) electrons. The monoisotopic (exact) mass is 256 g/mol. The predicted octanol–water partition coefficient (Wildman–Crippen LogP) is 3.63. The van der Waals surface area contributed by atoms with Gasteiger partial charge in [0, 0.05) is 11.5 Å². The fourth-order valence-corrected chi connectivity index (χ4v) is 2.29. The molecule has 0 aliphatic heterocycles. The van der Waals surface area contributed by atoms with Gasteiger partial charge in [-0.15, -0.1) is 0 Å². The van der Waals surface area contributed by atoms with Gasteiger partial charge in [0.25, 0.3) is 0 Å². The van der Waals surface area contributed by atoms with Crippen LogP contribution in [0.1, 0.15) is 40.7 Å². The number of hydrogen-bond acceptors (Lipinski definition) is 2. The Kier molecular flexibility index (Phi) is 3.85. The summed E-state index contributed by atoms with van der Waals surface area (Å²) < 4.78 is 0. The Morgan fingerprint density at radius 3 is 2.42 bits per heavy atom. The number of hydrogen-bond donors (Lipinski definition) is 2. The third-order valence-electron chi connectivity index (χ3n) is 3.26. The van der Waals surface area contributed by atoms with Gasteiger partial charge >= 0.3 is 5.97 Å². The number of phenolic OH excluding ortho intramolecular Hbond substituents is 1. The number of aromatic carboxylic acids is 1. The molecule has 3 nitrogen and oxygen atoms in total. The zero-order chi connectivity index (χ0) is 13.8. The number of rotatable bonds is 4. The van der Waals surface area contributed by atoms with Gasteiger partial charge in [0.2, 0.25) is 0 Å². The van der Waals surface area contributed by atoms with Crippen molar-refractivity contribution in [2.75, 3.05) is 0 Å². The first-order chi connectivity index (χ1) is 9.13. The molecule has 2 aromatic rings. The lowest BCUT2D eigenvalue weighted by Gasteiger charge is -2.17. The molecule has 0 aliphatic rings. The minimum atomic E-state index is -0.982. The highest BCUT2D eigenvalue weighted by Crippen LogP contribution is 2.34. The number of carboxylic acid groups (broad SMARTS) is 1. The summed E-state index contributed by atoms with van der Waals surface area (Å²) in [5.41, 5.74) is 1.93. The molecule has 2 N–H and O–H groups in total. The van der Waals surface area contributed by atoms with Crippen molar-refractivity contribution in [3.63, 3.8) is 0 Å². The van der Waals surface area contributed by atoms with Gasteiger partial charge in [0.1, 0.15) is 5.75 Å². The molecule has 98 valence electrons. The van der Waals surface area contributed by atoms with E-state index in [9.17, 15) is 9.90 Å². The second-order valence-electron chi connectivity index (χ2n) is 4.45. The first-order valence-corrected chi connectivity index (χ1v) is 6.24. The van der Waals surface area contributed by atoms with E-state index in [1.165, 1.54) is 12.1 Å². The van der Waals surface area contributed by atoms with Crippen molar-refractivity contribution in [2.24, 2.45) is 0 Å². The highest BCUT2D eigenvalue weighted by molar-refractivity contribution is 5.88. The Hall–Kier alpha value is -2.29. The predicted molar refractivity (Wildman–Crippen MR) is 73.6 cm³/mol. The van der Waals surface area contributed by atoms with E-state index in [1.54, 1.807) is 6.07 Å². The van der Waals surface area contributed by atoms with Gasteiger partial charge in [0.15, 0.2) is 0 Å². The van der Waals surface area contributed by atoms with E-state index in [0.717, 1.165) is 12.0 Å². The zero-order valence-electron chi connectivity index (χ0n) is 10.7. The molecule has 0 fully saturated rings. The maximum absolute atomic E-state index is 11.0. The van der Waals surface area contributed by atoms with E-state index in [-0.39, 0.29) is 17.2 Å². The molecule has 3 heteroatoms. The van der Waals surface area contributed by atoms with E-state index < -0.39 is 5.97 Å². The van der Waals surface area contributed by atoms with Crippen LogP contribution in [0.3, 0.4) is 0 Å². The molecule has 0 aromatic heterocycles. The molecule has 0 unspecified atom stereocenters. The highest BCUT2D eigenvalue weighted by Gasteiger charge is 2.17. The summed E-state index contributed by atoms with van der Waals surface area (Å²) in [5, 5.41) is 19.0. The SMILES string of the molecule is CC[C@H](c1ccccc1)c1cc(C(=O)O)ccc1O. The smallest absolute Gasteiger partial charge is 0.335 e. The summed E-state index contributed by atoms with van der Waals surface area (Å²) >= 11 is 0. The molecule has 1 atom stereocenters. The summed E-state index contributed by atoms with van der Waals surface area (Å²) in [4.78, 5) is 11.0. The Morgan fingerprint density at radius 2 is 1.84 bits per heavy atom. The molecular formula is C16H16O3. The number of benzene rings is 2. The largest absolute Gasteiger partial charge is 0.508 e. The van der Waals surface area contributed by atoms with E-state index >= 15 is 0 Å². The molecule has 2 rings (SSSR count). The highest BCUT2D eigenvalue weighted by atomic mass is 16.4. The first-order valence-electron chi connectivity index (χ1n) is 6.24. The van der Waals surface area contributed by atoms with Crippen LogP contribution in [0, 0.1) is 0 Å². The van der Waals surface area contributed by atoms with Crippen molar-refractivity contribution in [3.8, 4) is 5.75 Å². The van der Waals surface area contributed by atoms with Gasteiger partial charge in [-0.05, 0) is 30.2 Å². The van der Waals surface area contributed by atoms with Crippen LogP contribution in [0.2, 0.25) is 0 Å². The third-order valence-corrected chi connectivity index (χ3v) is 3.26. The number of phenols is 1. The summed E-state index contributed by atoms with van der Waals surface area (Å²) in [5.74, 6) is -0.842. The zero-order valence-corrected chi connectivity index (χ0v) is 10.7. The fourth-order valence-electron chi connectivity index (χ4n) is 2.29. The van der Waals surface area contributed by atoms with Crippen LogP contribution in [0.5, 0.6) is 5.75 Å². The number of aromatic hydroxyl groups is 1. The van der Waals surface area contributed by atoms with Crippen LogP contribution in [0.15, 0.2) is 48.5 Å². The molecule has 0 saturated carbocycles. The molecule has 0 heterocycles. The molecular weight excluding hydrogens is 240 g/mol. The fraction of sp³-hybridized carbons (Fsp3) is 0.188. The second kappa shape index (κ2) is 5.57. The second-order valence-corrected chi connectivity index (χ2v) is 4.45. The van der Waals surface area contributed by atoms with Crippen molar-refractivity contribution in [2.45, 2.75) is 19.3 Å². The number of carboxylic acids is 1. The lowest BCUT2D eigenvalue weighted by atomic mass is 9.87. The van der Waals surface area contributed by atoms with Crippen molar-refractivity contribution < 1.29 is 15.0 Å². The summed E-state index contributed by atoms with van der Waals surface area (Å²) in [6.07, 6.45) is 0.792. The molecule has 0 aliphatic carbocycles. The Labute approximate surface area is 112 Å². The Balaban J connectivity index is 2.49.